The highest BCUT2D eigenvalue weighted by molar-refractivity contribution is 7.74. The third-order valence-corrected chi connectivity index (χ3v) is 1.47. The Kier molecular flexibility index (Phi) is 7.32. The number of allylic oxidation sites excluding steroid dienone is 6. The van der Waals surface area contributed by atoms with Crippen LogP contribution in [0.4, 0.5) is 0 Å². The van der Waals surface area contributed by atoms with Crippen LogP contribution in [0.15, 0.2) is 54.3 Å². The SMILES string of the molecule is C=C\C=C/C(=C\C=C)C(/C#N)=N/OS(=O)[O-]. The van der Waals surface area contributed by atoms with E-state index in [9.17, 15) is 8.76 Å². The van der Waals surface area contributed by atoms with Gasteiger partial charge < -0.3 is 8.84 Å². The molecule has 0 bridgehead atoms. The summed E-state index contributed by atoms with van der Waals surface area (Å²) >= 11 is -2.80. The lowest BCUT2D eigenvalue weighted by Crippen LogP contribution is -2.00. The normalized spacial score (nSPS) is 14.2. The van der Waals surface area contributed by atoms with Crippen LogP contribution >= 0.6 is 0 Å². The van der Waals surface area contributed by atoms with Crippen LogP contribution in [0.1, 0.15) is 0 Å². The van der Waals surface area contributed by atoms with Gasteiger partial charge in [-0.1, -0.05) is 48.7 Å². The van der Waals surface area contributed by atoms with Gasteiger partial charge in [-0.2, -0.15) is 5.26 Å². The molecule has 0 saturated carbocycles. The number of rotatable bonds is 6. The minimum atomic E-state index is -2.80. The summed E-state index contributed by atoms with van der Waals surface area (Å²) in [7, 11) is 0. The van der Waals surface area contributed by atoms with E-state index in [0.29, 0.717) is 5.57 Å². The standard InChI is InChI=1S/C10H10N2O3S/c1-3-5-7-9(6-4-2)10(8-11)12-15-16(13)14/h3-7H,1-2H2,(H,13,14)/p-1/b7-5-,9-6+,12-10+. The Balaban J connectivity index is 5.09. The van der Waals surface area contributed by atoms with Gasteiger partial charge in [-0.05, 0) is 0 Å². The fourth-order valence-corrected chi connectivity index (χ4v) is 0.853. The number of nitrogens with zero attached hydrogens (tertiary/aromatic N) is 2. The van der Waals surface area contributed by atoms with E-state index < -0.39 is 11.4 Å². The smallest absolute Gasteiger partial charge is 0.188 e. The molecule has 0 fully saturated rings. The minimum Gasteiger partial charge on any atom is -0.738 e. The monoisotopic (exact) mass is 237 g/mol. The Hall–Kier alpha value is -1.97. The lowest BCUT2D eigenvalue weighted by atomic mass is 10.1. The van der Waals surface area contributed by atoms with Gasteiger partial charge in [0.15, 0.2) is 17.1 Å². The van der Waals surface area contributed by atoms with Crippen molar-refractivity contribution in [3.05, 3.63) is 49.1 Å². The topological polar surface area (TPSA) is 85.5 Å². The third kappa shape index (κ3) is 5.70. The van der Waals surface area contributed by atoms with Crippen molar-refractivity contribution in [2.24, 2.45) is 5.16 Å². The summed E-state index contributed by atoms with van der Waals surface area (Å²) in [4.78, 5) is 0. The van der Waals surface area contributed by atoms with Gasteiger partial charge in [0.2, 0.25) is 0 Å². The van der Waals surface area contributed by atoms with E-state index in [4.69, 9.17) is 5.26 Å². The molecular weight excluding hydrogens is 228 g/mol. The molecule has 1 unspecified atom stereocenters. The van der Waals surface area contributed by atoms with E-state index in [1.807, 2.05) is 0 Å². The van der Waals surface area contributed by atoms with Crippen LogP contribution in [0.5, 0.6) is 0 Å². The molecule has 0 aliphatic heterocycles. The molecule has 0 aliphatic rings. The van der Waals surface area contributed by atoms with Gasteiger partial charge in [0.25, 0.3) is 0 Å². The van der Waals surface area contributed by atoms with Gasteiger partial charge in [0, 0.05) is 5.57 Å². The zero-order valence-electron chi connectivity index (χ0n) is 8.33. The van der Waals surface area contributed by atoms with Crippen molar-refractivity contribution in [1.29, 1.82) is 5.26 Å². The predicted molar refractivity (Wildman–Crippen MR) is 60.7 cm³/mol. The molecule has 0 radical (unpaired) electrons. The van der Waals surface area contributed by atoms with E-state index in [1.165, 1.54) is 24.3 Å². The van der Waals surface area contributed by atoms with Crippen LogP contribution in [0.25, 0.3) is 0 Å². The number of nitriles is 1. The molecule has 0 rings (SSSR count). The van der Waals surface area contributed by atoms with Gasteiger partial charge in [-0.3, -0.25) is 0 Å². The lowest BCUT2D eigenvalue weighted by molar-refractivity contribution is 0.318. The van der Waals surface area contributed by atoms with Gasteiger partial charge in [-0.15, -0.1) is 0 Å². The first-order chi connectivity index (χ1) is 7.65. The first kappa shape index (κ1) is 14.0. The van der Waals surface area contributed by atoms with Crippen molar-refractivity contribution in [1.82, 2.24) is 0 Å². The second-order valence-electron chi connectivity index (χ2n) is 2.28. The third-order valence-electron chi connectivity index (χ3n) is 1.28. The summed E-state index contributed by atoms with van der Waals surface area (Å²) in [6.07, 6.45) is 7.51. The number of oxime groups is 1. The lowest BCUT2D eigenvalue weighted by Gasteiger charge is -2.01. The highest BCUT2D eigenvalue weighted by Gasteiger charge is 2.02. The summed E-state index contributed by atoms with van der Waals surface area (Å²) in [5.41, 5.74) is 0.185. The van der Waals surface area contributed by atoms with Crippen LogP contribution in [0.3, 0.4) is 0 Å². The molecule has 84 valence electrons. The summed E-state index contributed by atoms with van der Waals surface area (Å²) in [5.74, 6) is 0. The molecule has 0 spiro atoms. The van der Waals surface area contributed by atoms with Crippen LogP contribution in [0, 0.1) is 11.3 Å². The molecule has 0 saturated heterocycles. The van der Waals surface area contributed by atoms with E-state index in [0.717, 1.165) is 0 Å². The maximum Gasteiger partial charge on any atom is 0.188 e. The first-order valence-corrected chi connectivity index (χ1v) is 5.02. The van der Waals surface area contributed by atoms with Gasteiger partial charge in [0.05, 0.1) is 0 Å². The van der Waals surface area contributed by atoms with E-state index in [2.05, 4.69) is 22.6 Å². The molecule has 0 aromatic heterocycles. The average Bonchev–Trinajstić information content (AvgIpc) is 2.26. The summed E-state index contributed by atoms with van der Waals surface area (Å²) in [6, 6.07) is 1.70. The fourth-order valence-electron chi connectivity index (χ4n) is 0.717. The zero-order chi connectivity index (χ0) is 12.4. The van der Waals surface area contributed by atoms with Crippen molar-refractivity contribution < 1.29 is 13.0 Å². The van der Waals surface area contributed by atoms with Crippen LogP contribution < -0.4 is 0 Å². The van der Waals surface area contributed by atoms with Crippen molar-refractivity contribution in [2.75, 3.05) is 0 Å². The van der Waals surface area contributed by atoms with Gasteiger partial charge >= 0.3 is 0 Å². The Bertz CT molecular complexity index is 416. The van der Waals surface area contributed by atoms with Crippen molar-refractivity contribution in [3.8, 4) is 6.07 Å². The highest BCUT2D eigenvalue weighted by Crippen LogP contribution is 2.02. The molecule has 0 heterocycles. The Morgan fingerprint density at radius 3 is 2.62 bits per heavy atom. The fraction of sp³-hybridized carbons (Fsp3) is 0. The molecule has 16 heavy (non-hydrogen) atoms. The Labute approximate surface area is 96.2 Å². The van der Waals surface area contributed by atoms with E-state index >= 15 is 0 Å². The molecule has 0 amide bonds. The maximum absolute atomic E-state index is 10.1. The molecule has 0 aromatic rings. The molecule has 5 nitrogen and oxygen atoms in total. The second-order valence-corrected chi connectivity index (χ2v) is 2.84. The van der Waals surface area contributed by atoms with Crippen molar-refractivity contribution >= 4 is 17.1 Å². The second kappa shape index (κ2) is 8.35. The van der Waals surface area contributed by atoms with Crippen LogP contribution in [-0.2, 0) is 15.6 Å². The largest absolute Gasteiger partial charge is 0.738 e. The molecule has 0 aliphatic carbocycles. The Morgan fingerprint density at radius 1 is 1.50 bits per heavy atom. The molecule has 0 N–H and O–H groups in total. The van der Waals surface area contributed by atoms with Crippen molar-refractivity contribution in [2.45, 2.75) is 0 Å². The van der Waals surface area contributed by atoms with Crippen molar-refractivity contribution in [3.63, 3.8) is 0 Å². The highest BCUT2D eigenvalue weighted by atomic mass is 32.2. The van der Waals surface area contributed by atoms with E-state index in [1.54, 1.807) is 12.1 Å². The van der Waals surface area contributed by atoms with Crippen LogP contribution in [0.2, 0.25) is 0 Å². The number of hydrogen-bond donors (Lipinski definition) is 0. The quantitative estimate of drug-likeness (QED) is 0.303. The average molecular weight is 237 g/mol. The first-order valence-electron chi connectivity index (χ1n) is 4.02. The molecule has 0 aromatic carbocycles. The predicted octanol–water partition coefficient (Wildman–Crippen LogP) is 1.53. The number of hydrogen-bond acceptors (Lipinski definition) is 5. The zero-order valence-corrected chi connectivity index (χ0v) is 9.14. The molecule has 6 heteroatoms. The maximum atomic E-state index is 10.1. The minimum absolute atomic E-state index is 0.179. The summed E-state index contributed by atoms with van der Waals surface area (Å²) in [6.45, 7) is 6.92. The van der Waals surface area contributed by atoms with E-state index in [-0.39, 0.29) is 5.71 Å². The van der Waals surface area contributed by atoms with Gasteiger partial charge in [-0.25, -0.2) is 4.21 Å². The van der Waals surface area contributed by atoms with Crippen LogP contribution in [-0.4, -0.2) is 14.5 Å². The Morgan fingerprint density at radius 2 is 2.19 bits per heavy atom. The van der Waals surface area contributed by atoms with Gasteiger partial charge in [0.1, 0.15) is 6.07 Å². The molecular formula is C10H9N2O3S-. The molecule has 1 atom stereocenters. The summed E-state index contributed by atoms with van der Waals surface area (Å²) < 4.78 is 24.2. The summed E-state index contributed by atoms with van der Waals surface area (Å²) in [5, 5.41) is 11.9.